The second-order valence-electron chi connectivity index (χ2n) is 16.3. The molecule has 0 radical (unpaired) electrons. The lowest BCUT2D eigenvalue weighted by Gasteiger charge is -2.65. The SMILES string of the molecule is CC(=O)O[C@@H]1C[C@@]23C[C@@]24CC[C@H](O[C@@H]2OC[C@@H](O)[C@H](O)[C@H]2O)C(C)(C)C4CCC3[C@]2(C)C[C@@H]3OC(=O)CC(C)C3[C@@]12C. The Hall–Kier alpha value is -1.26. The van der Waals surface area contributed by atoms with Crippen LogP contribution in [-0.4, -0.2) is 76.8 Å². The highest BCUT2D eigenvalue weighted by atomic mass is 16.7. The molecule has 7 fully saturated rings. The summed E-state index contributed by atoms with van der Waals surface area (Å²) in [6.45, 7) is 12.9. The Morgan fingerprint density at radius 2 is 1.67 bits per heavy atom. The van der Waals surface area contributed by atoms with E-state index in [1.165, 1.54) is 6.92 Å². The Bertz CT molecular complexity index is 1160. The molecule has 5 aliphatic carbocycles. The normalized spacial score (nSPS) is 57.5. The Kier molecular flexibility index (Phi) is 6.42. The van der Waals surface area contributed by atoms with Gasteiger partial charge in [0.25, 0.3) is 0 Å². The third kappa shape index (κ3) is 3.55. The number of fused-ring (bicyclic) bond motifs is 4. The first kappa shape index (κ1) is 29.5. The van der Waals surface area contributed by atoms with Crippen molar-refractivity contribution in [2.45, 2.75) is 136 Å². The highest BCUT2D eigenvalue weighted by Crippen LogP contribution is 2.89. The molecule has 3 N–H and O–H groups in total. The van der Waals surface area contributed by atoms with Crippen molar-refractivity contribution in [2.24, 2.45) is 50.7 Å². The maximum atomic E-state index is 12.6. The van der Waals surface area contributed by atoms with Gasteiger partial charge in [-0.05, 0) is 84.4 Å². The van der Waals surface area contributed by atoms with Gasteiger partial charge >= 0.3 is 11.9 Å². The van der Waals surface area contributed by atoms with Crippen LogP contribution in [0.5, 0.6) is 0 Å². The average molecular weight is 591 g/mol. The van der Waals surface area contributed by atoms with Crippen molar-refractivity contribution in [3.8, 4) is 0 Å². The predicted octanol–water partition coefficient (Wildman–Crippen LogP) is 3.35. The number of ether oxygens (including phenoxy) is 4. The molecule has 0 bridgehead atoms. The molecule has 0 aromatic heterocycles. The van der Waals surface area contributed by atoms with E-state index in [2.05, 4.69) is 34.6 Å². The van der Waals surface area contributed by atoms with E-state index in [1.54, 1.807) is 0 Å². The van der Waals surface area contributed by atoms with Crippen LogP contribution in [0.3, 0.4) is 0 Å². The van der Waals surface area contributed by atoms with Gasteiger partial charge in [-0.3, -0.25) is 9.59 Å². The van der Waals surface area contributed by atoms with E-state index < -0.39 is 24.6 Å². The van der Waals surface area contributed by atoms with Crippen LogP contribution in [0.1, 0.15) is 92.9 Å². The quantitative estimate of drug-likeness (QED) is 0.334. The summed E-state index contributed by atoms with van der Waals surface area (Å²) in [5.74, 6) is 0.869. The van der Waals surface area contributed by atoms with E-state index in [0.717, 1.165) is 44.9 Å². The van der Waals surface area contributed by atoms with E-state index in [0.29, 0.717) is 18.3 Å². The number of carbonyl (C=O) groups is 2. The zero-order valence-electron chi connectivity index (χ0n) is 26.0. The fourth-order valence-corrected chi connectivity index (χ4v) is 12.8. The van der Waals surface area contributed by atoms with Crippen molar-refractivity contribution < 1.29 is 43.9 Å². The molecule has 7 rings (SSSR count). The second kappa shape index (κ2) is 9.15. The van der Waals surface area contributed by atoms with Crippen molar-refractivity contribution in [1.29, 1.82) is 0 Å². The Balaban J connectivity index is 1.21. The number of carbonyl (C=O) groups excluding carboxylic acids is 2. The second-order valence-corrected chi connectivity index (χ2v) is 16.3. The maximum Gasteiger partial charge on any atom is 0.306 e. The molecule has 42 heavy (non-hydrogen) atoms. The molecule has 9 heteroatoms. The molecule has 0 amide bonds. The molecule has 2 heterocycles. The van der Waals surface area contributed by atoms with Crippen molar-refractivity contribution in [3.63, 3.8) is 0 Å². The van der Waals surface area contributed by atoms with E-state index in [-0.39, 0.29) is 75.8 Å². The lowest BCUT2D eigenvalue weighted by molar-refractivity contribution is -0.303. The maximum absolute atomic E-state index is 12.6. The average Bonchev–Trinajstić information content (AvgIpc) is 3.48. The van der Waals surface area contributed by atoms with Crippen LogP contribution in [0.25, 0.3) is 0 Å². The number of aliphatic hydroxyl groups is 3. The summed E-state index contributed by atoms with van der Waals surface area (Å²) >= 11 is 0. The molecule has 236 valence electrons. The standard InChI is InChI=1S/C33H50O9/c1-16-11-24(36)41-19-12-30(5)21-8-7-20-29(3,4)22(42-28-27(38)26(37)18(35)14-39-28)9-10-32(20)15-33(21,32)13-23(40-17(2)34)31(30,6)25(16)19/h16,18-23,25-28,35,37-38H,7-15H2,1-6H3/t16?,18-,19+,20?,21?,22+,23-,25?,26+,27-,28+,30+,31-,32-,33+/m1/s1. The first-order chi connectivity index (χ1) is 19.6. The highest BCUT2D eigenvalue weighted by molar-refractivity contribution is 5.71. The molecule has 4 unspecified atom stereocenters. The molecule has 0 aromatic rings. The molecule has 5 saturated carbocycles. The number of aliphatic hydroxyl groups excluding tert-OH is 3. The van der Waals surface area contributed by atoms with Gasteiger partial charge in [-0.25, -0.2) is 0 Å². The molecular formula is C33H50O9. The summed E-state index contributed by atoms with van der Waals surface area (Å²) in [5, 5.41) is 30.7. The van der Waals surface area contributed by atoms with Crippen LogP contribution in [-0.2, 0) is 28.5 Å². The summed E-state index contributed by atoms with van der Waals surface area (Å²) in [6, 6.07) is 0. The monoisotopic (exact) mass is 590 g/mol. The zero-order chi connectivity index (χ0) is 30.2. The lowest BCUT2D eigenvalue weighted by atomic mass is 9.41. The van der Waals surface area contributed by atoms with Gasteiger partial charge in [0, 0.05) is 24.7 Å². The highest BCUT2D eigenvalue weighted by Gasteiger charge is 2.85. The van der Waals surface area contributed by atoms with Crippen molar-refractivity contribution in [3.05, 3.63) is 0 Å². The first-order valence-electron chi connectivity index (χ1n) is 16.3. The van der Waals surface area contributed by atoms with Gasteiger partial charge < -0.3 is 34.3 Å². The van der Waals surface area contributed by atoms with E-state index in [4.69, 9.17) is 18.9 Å². The minimum Gasteiger partial charge on any atom is -0.462 e. The number of hydrogen-bond donors (Lipinski definition) is 3. The Morgan fingerprint density at radius 1 is 0.952 bits per heavy atom. The van der Waals surface area contributed by atoms with Crippen LogP contribution in [0, 0.1) is 50.7 Å². The summed E-state index contributed by atoms with van der Waals surface area (Å²) < 4.78 is 24.5. The minimum absolute atomic E-state index is 0.0639. The van der Waals surface area contributed by atoms with Crippen molar-refractivity contribution >= 4 is 11.9 Å². The smallest absolute Gasteiger partial charge is 0.306 e. The van der Waals surface area contributed by atoms with Crippen LogP contribution in [0.4, 0.5) is 0 Å². The molecule has 0 aromatic carbocycles. The van der Waals surface area contributed by atoms with E-state index in [9.17, 15) is 24.9 Å². The van der Waals surface area contributed by atoms with Crippen LogP contribution >= 0.6 is 0 Å². The lowest BCUT2D eigenvalue weighted by Crippen LogP contribution is -2.63. The topological polar surface area (TPSA) is 132 Å². The summed E-state index contributed by atoms with van der Waals surface area (Å²) in [5.41, 5.74) is -0.411. The van der Waals surface area contributed by atoms with Gasteiger partial charge in [0.1, 0.15) is 30.5 Å². The summed E-state index contributed by atoms with van der Waals surface area (Å²) in [7, 11) is 0. The van der Waals surface area contributed by atoms with Crippen LogP contribution in [0.2, 0.25) is 0 Å². The third-order valence-corrected chi connectivity index (χ3v) is 14.5. The fourth-order valence-electron chi connectivity index (χ4n) is 12.8. The van der Waals surface area contributed by atoms with Gasteiger partial charge in [-0.15, -0.1) is 0 Å². The molecule has 7 aliphatic rings. The van der Waals surface area contributed by atoms with Gasteiger partial charge in [0.2, 0.25) is 0 Å². The van der Waals surface area contributed by atoms with Gasteiger partial charge in [0.15, 0.2) is 6.29 Å². The predicted molar refractivity (Wildman–Crippen MR) is 149 cm³/mol. The van der Waals surface area contributed by atoms with Gasteiger partial charge in [0.05, 0.1) is 12.7 Å². The molecule has 15 atom stereocenters. The van der Waals surface area contributed by atoms with E-state index in [1.807, 2.05) is 0 Å². The van der Waals surface area contributed by atoms with Gasteiger partial charge in [-0.1, -0.05) is 34.6 Å². The van der Waals surface area contributed by atoms with Crippen molar-refractivity contribution in [1.82, 2.24) is 0 Å². The van der Waals surface area contributed by atoms with Gasteiger partial charge in [-0.2, -0.15) is 0 Å². The molecule has 9 nitrogen and oxygen atoms in total. The molecule has 2 spiro atoms. The number of rotatable bonds is 3. The summed E-state index contributed by atoms with van der Waals surface area (Å²) in [4.78, 5) is 25.2. The zero-order valence-corrected chi connectivity index (χ0v) is 26.0. The number of esters is 2. The first-order valence-corrected chi connectivity index (χ1v) is 16.3. The van der Waals surface area contributed by atoms with E-state index >= 15 is 0 Å². The molecule has 2 aliphatic heterocycles. The Labute approximate surface area is 249 Å². The molecular weight excluding hydrogens is 540 g/mol. The van der Waals surface area contributed by atoms with Crippen molar-refractivity contribution in [2.75, 3.05) is 6.61 Å². The molecule has 2 saturated heterocycles. The Morgan fingerprint density at radius 3 is 2.38 bits per heavy atom. The van der Waals surface area contributed by atoms with Crippen LogP contribution < -0.4 is 0 Å². The minimum atomic E-state index is -1.30. The summed E-state index contributed by atoms with van der Waals surface area (Å²) in [6.07, 6.45) is 1.99. The number of hydrogen-bond acceptors (Lipinski definition) is 9. The largest absolute Gasteiger partial charge is 0.462 e. The third-order valence-electron chi connectivity index (χ3n) is 14.5. The van der Waals surface area contributed by atoms with Crippen LogP contribution in [0.15, 0.2) is 0 Å². The fraction of sp³-hybridized carbons (Fsp3) is 0.939.